The van der Waals surface area contributed by atoms with Crippen LogP contribution < -0.4 is 5.46 Å². The molecule has 4 atom stereocenters. The van der Waals surface area contributed by atoms with Gasteiger partial charge in [0.25, 0.3) is 0 Å². The molecule has 166 valence electrons. The Kier molecular flexibility index (Phi) is 6.10. The highest BCUT2D eigenvalue weighted by molar-refractivity contribution is 6.62. The molecule has 0 N–H and O–H groups in total. The van der Waals surface area contributed by atoms with Crippen LogP contribution in [0.15, 0.2) is 24.3 Å². The minimum absolute atomic E-state index is 0.0268. The predicted molar refractivity (Wildman–Crippen MR) is 118 cm³/mol. The molecule has 3 heterocycles. The summed E-state index contributed by atoms with van der Waals surface area (Å²) < 4.78 is 30.9. The van der Waals surface area contributed by atoms with Crippen molar-refractivity contribution in [2.45, 2.75) is 109 Å². The first-order valence-electron chi connectivity index (χ1n) is 11.6. The van der Waals surface area contributed by atoms with E-state index in [1.54, 1.807) is 0 Å². The van der Waals surface area contributed by atoms with Gasteiger partial charge in [-0.1, -0.05) is 50.5 Å². The van der Waals surface area contributed by atoms with Gasteiger partial charge in [0.15, 0.2) is 5.79 Å². The second kappa shape index (κ2) is 8.21. The first-order chi connectivity index (χ1) is 14.1. The average molecular weight is 416 g/mol. The highest BCUT2D eigenvalue weighted by Crippen LogP contribution is 2.41. The van der Waals surface area contributed by atoms with Crippen LogP contribution in [0.25, 0.3) is 0 Å². The van der Waals surface area contributed by atoms with Gasteiger partial charge in [-0.05, 0) is 52.1 Å². The van der Waals surface area contributed by atoms with E-state index in [-0.39, 0.29) is 36.6 Å². The van der Waals surface area contributed by atoms with E-state index in [0.29, 0.717) is 6.61 Å². The first kappa shape index (κ1) is 22.3. The number of hydrogen-bond acceptors (Lipinski definition) is 5. The molecule has 0 radical (unpaired) electrons. The Morgan fingerprint density at radius 1 is 0.933 bits per heavy atom. The Labute approximate surface area is 181 Å². The number of hydrogen-bond donors (Lipinski definition) is 0. The van der Waals surface area contributed by atoms with Crippen molar-refractivity contribution in [3.8, 4) is 0 Å². The van der Waals surface area contributed by atoms with Gasteiger partial charge in [0.05, 0.1) is 30.0 Å². The monoisotopic (exact) mass is 416 g/mol. The van der Waals surface area contributed by atoms with Gasteiger partial charge >= 0.3 is 7.12 Å². The van der Waals surface area contributed by atoms with E-state index in [1.165, 1.54) is 12.8 Å². The fourth-order valence-corrected chi connectivity index (χ4v) is 4.84. The third-order valence-corrected chi connectivity index (χ3v) is 7.07. The van der Waals surface area contributed by atoms with Crippen LogP contribution in [0, 0.1) is 0 Å². The molecule has 3 aliphatic rings. The molecule has 1 unspecified atom stereocenters. The molecule has 0 spiro atoms. The summed E-state index contributed by atoms with van der Waals surface area (Å²) in [7, 11) is -0.329. The summed E-state index contributed by atoms with van der Waals surface area (Å²) in [5.74, 6) is -0.523. The molecule has 3 fully saturated rings. The molecule has 4 rings (SSSR count). The van der Waals surface area contributed by atoms with Crippen LogP contribution in [-0.2, 0) is 23.5 Å². The second-order valence-corrected chi connectivity index (χ2v) is 10.2. The largest absolute Gasteiger partial charge is 0.494 e. The standard InChI is InChI=1S/C24H37BO5/c1-7-8-9-14-24(6)22(2,3)29-25(30-24)18-12-10-17(11-13-18)19-15-20-21(16-26-19)28-23(4,5)27-20/h10-13,19-21H,7-9,14-16H2,1-6H3/t19-,20-,21+,24?/m1/s1. The van der Waals surface area contributed by atoms with Crippen molar-refractivity contribution in [1.82, 2.24) is 0 Å². The normalized spacial score (nSPS) is 34.9. The van der Waals surface area contributed by atoms with Crippen molar-refractivity contribution in [2.75, 3.05) is 6.61 Å². The van der Waals surface area contributed by atoms with Gasteiger partial charge in [-0.15, -0.1) is 0 Å². The lowest BCUT2D eigenvalue weighted by atomic mass is 9.78. The van der Waals surface area contributed by atoms with Gasteiger partial charge in [-0.2, -0.15) is 0 Å². The zero-order valence-corrected chi connectivity index (χ0v) is 19.4. The summed E-state index contributed by atoms with van der Waals surface area (Å²) in [5.41, 5.74) is 1.62. The van der Waals surface area contributed by atoms with E-state index in [1.807, 2.05) is 13.8 Å². The van der Waals surface area contributed by atoms with E-state index in [9.17, 15) is 0 Å². The van der Waals surface area contributed by atoms with E-state index < -0.39 is 5.79 Å². The molecule has 3 aliphatic heterocycles. The number of ether oxygens (including phenoxy) is 3. The van der Waals surface area contributed by atoms with E-state index >= 15 is 0 Å². The summed E-state index contributed by atoms with van der Waals surface area (Å²) in [5, 5.41) is 0. The smallest absolute Gasteiger partial charge is 0.399 e. The summed E-state index contributed by atoms with van der Waals surface area (Å²) in [6.07, 6.45) is 5.57. The van der Waals surface area contributed by atoms with Crippen LogP contribution >= 0.6 is 0 Å². The highest BCUT2D eigenvalue weighted by atomic mass is 16.8. The van der Waals surface area contributed by atoms with Crippen molar-refractivity contribution < 1.29 is 23.5 Å². The zero-order valence-electron chi connectivity index (χ0n) is 19.4. The van der Waals surface area contributed by atoms with Crippen molar-refractivity contribution in [3.63, 3.8) is 0 Å². The minimum Gasteiger partial charge on any atom is -0.399 e. The SMILES string of the molecule is CCCCCC1(C)OB(c2ccc([C@H]3C[C@H]4OC(C)(C)O[C@H]4CO3)cc2)OC1(C)C. The minimum atomic E-state index is -0.523. The topological polar surface area (TPSA) is 46.2 Å². The Hall–Kier alpha value is -0.915. The molecule has 0 bridgehead atoms. The van der Waals surface area contributed by atoms with Gasteiger partial charge in [0.1, 0.15) is 6.10 Å². The molecule has 30 heavy (non-hydrogen) atoms. The summed E-state index contributed by atoms with van der Waals surface area (Å²) in [6, 6.07) is 8.49. The van der Waals surface area contributed by atoms with Gasteiger partial charge in [0, 0.05) is 6.42 Å². The van der Waals surface area contributed by atoms with Crippen LogP contribution in [-0.4, -0.2) is 42.9 Å². The van der Waals surface area contributed by atoms with Crippen LogP contribution in [0.1, 0.15) is 85.3 Å². The van der Waals surface area contributed by atoms with Crippen molar-refractivity contribution >= 4 is 12.6 Å². The average Bonchev–Trinajstić information content (AvgIpc) is 3.12. The molecule has 0 aromatic heterocycles. The Bertz CT molecular complexity index is 734. The van der Waals surface area contributed by atoms with Crippen molar-refractivity contribution in [3.05, 3.63) is 29.8 Å². The molecule has 6 heteroatoms. The van der Waals surface area contributed by atoms with E-state index in [2.05, 4.69) is 52.0 Å². The first-order valence-corrected chi connectivity index (χ1v) is 11.6. The maximum atomic E-state index is 6.47. The maximum absolute atomic E-state index is 6.47. The highest BCUT2D eigenvalue weighted by Gasteiger charge is 2.54. The lowest BCUT2D eigenvalue weighted by molar-refractivity contribution is -0.146. The summed E-state index contributed by atoms with van der Waals surface area (Å²) >= 11 is 0. The second-order valence-electron chi connectivity index (χ2n) is 10.2. The maximum Gasteiger partial charge on any atom is 0.494 e. The molecule has 3 saturated heterocycles. The quantitative estimate of drug-likeness (QED) is 0.504. The summed E-state index contributed by atoms with van der Waals surface area (Å²) in [6.45, 7) is 13.2. The molecule has 5 nitrogen and oxygen atoms in total. The molecule has 0 aliphatic carbocycles. The van der Waals surface area contributed by atoms with Crippen LogP contribution in [0.4, 0.5) is 0 Å². The summed E-state index contributed by atoms with van der Waals surface area (Å²) in [4.78, 5) is 0. The van der Waals surface area contributed by atoms with Crippen molar-refractivity contribution in [1.29, 1.82) is 0 Å². The number of benzene rings is 1. The number of rotatable bonds is 6. The third-order valence-electron chi connectivity index (χ3n) is 7.07. The Balaban J connectivity index is 1.40. The van der Waals surface area contributed by atoms with Crippen molar-refractivity contribution in [2.24, 2.45) is 0 Å². The van der Waals surface area contributed by atoms with E-state index in [4.69, 9.17) is 23.5 Å². The lowest BCUT2D eigenvalue weighted by Gasteiger charge is -2.36. The van der Waals surface area contributed by atoms with Gasteiger partial charge in [-0.25, -0.2) is 0 Å². The molecule has 1 aromatic carbocycles. The number of unbranched alkanes of at least 4 members (excludes halogenated alkanes) is 2. The lowest BCUT2D eigenvalue weighted by Crippen LogP contribution is -2.44. The Morgan fingerprint density at radius 3 is 2.33 bits per heavy atom. The molecule has 0 saturated carbocycles. The van der Waals surface area contributed by atoms with Gasteiger partial charge in [-0.3, -0.25) is 0 Å². The van der Waals surface area contributed by atoms with Crippen LogP contribution in [0.3, 0.4) is 0 Å². The van der Waals surface area contributed by atoms with Crippen LogP contribution in [0.2, 0.25) is 0 Å². The third kappa shape index (κ3) is 4.35. The zero-order chi connectivity index (χ0) is 21.6. The molecule has 1 aromatic rings. The van der Waals surface area contributed by atoms with E-state index in [0.717, 1.165) is 30.3 Å². The fourth-order valence-electron chi connectivity index (χ4n) is 4.84. The van der Waals surface area contributed by atoms with Crippen LogP contribution in [0.5, 0.6) is 0 Å². The van der Waals surface area contributed by atoms with Gasteiger partial charge in [0.2, 0.25) is 0 Å². The van der Waals surface area contributed by atoms with Gasteiger partial charge < -0.3 is 23.5 Å². The fraction of sp³-hybridized carbons (Fsp3) is 0.750. The Morgan fingerprint density at radius 2 is 1.63 bits per heavy atom. The molecular formula is C24H37BO5. The predicted octanol–water partition coefficient (Wildman–Crippen LogP) is 4.53. The molecular weight excluding hydrogens is 379 g/mol. The number of fused-ring (bicyclic) bond motifs is 1. The molecule has 0 amide bonds.